The van der Waals surface area contributed by atoms with E-state index in [4.69, 9.17) is 13.7 Å². The van der Waals surface area contributed by atoms with Crippen molar-refractivity contribution in [2.45, 2.75) is 43.9 Å². The number of ether oxygens (including phenoxy) is 1. The number of benzene rings is 1. The second kappa shape index (κ2) is 6.94. The smallest absolute Gasteiger partial charge is 0.293 e. The number of nitrogens with zero attached hydrogens (tertiary/aromatic N) is 3. The van der Waals surface area contributed by atoms with Crippen molar-refractivity contribution in [2.75, 3.05) is 13.7 Å². The SMILES string of the molecule is COCc1ccc(-c2nc([C@H]3C[C@@H](c4ccccc4)N4CCC[C@H]34)no2)o1. The number of aromatic nitrogens is 2. The van der Waals surface area contributed by atoms with Crippen LogP contribution < -0.4 is 0 Å². The first kappa shape index (κ1) is 16.7. The highest BCUT2D eigenvalue weighted by Crippen LogP contribution is 2.48. The predicted octanol–water partition coefficient (Wildman–Crippen LogP) is 4.17. The fourth-order valence-electron chi connectivity index (χ4n) is 4.65. The zero-order chi connectivity index (χ0) is 18.2. The predicted molar refractivity (Wildman–Crippen MR) is 99.0 cm³/mol. The van der Waals surface area contributed by atoms with E-state index in [9.17, 15) is 0 Å². The van der Waals surface area contributed by atoms with Crippen LogP contribution in [0.25, 0.3) is 11.7 Å². The minimum Gasteiger partial charge on any atom is -0.453 e. The van der Waals surface area contributed by atoms with Crippen molar-refractivity contribution in [1.82, 2.24) is 15.0 Å². The molecule has 0 aliphatic carbocycles. The van der Waals surface area contributed by atoms with Crippen LogP contribution in [0.15, 0.2) is 51.4 Å². The van der Waals surface area contributed by atoms with E-state index in [1.807, 2.05) is 12.1 Å². The highest BCUT2D eigenvalue weighted by atomic mass is 16.5. The van der Waals surface area contributed by atoms with E-state index in [-0.39, 0.29) is 0 Å². The molecule has 5 rings (SSSR count). The summed E-state index contributed by atoms with van der Waals surface area (Å²) in [5, 5.41) is 4.31. The topological polar surface area (TPSA) is 64.5 Å². The Morgan fingerprint density at radius 2 is 2.07 bits per heavy atom. The average Bonchev–Trinajstić information content (AvgIpc) is 3.46. The summed E-state index contributed by atoms with van der Waals surface area (Å²) in [4.78, 5) is 7.31. The maximum Gasteiger partial charge on any atom is 0.293 e. The highest BCUT2D eigenvalue weighted by Gasteiger charge is 2.46. The first-order chi connectivity index (χ1) is 13.3. The minimum atomic E-state index is 0.295. The number of fused-ring (bicyclic) bond motifs is 1. The first-order valence-electron chi connectivity index (χ1n) is 9.56. The van der Waals surface area contributed by atoms with Gasteiger partial charge in [0.25, 0.3) is 5.89 Å². The van der Waals surface area contributed by atoms with Crippen molar-refractivity contribution in [1.29, 1.82) is 0 Å². The summed E-state index contributed by atoms with van der Waals surface area (Å²) in [7, 11) is 1.64. The van der Waals surface area contributed by atoms with Crippen molar-refractivity contribution >= 4 is 0 Å². The molecule has 0 radical (unpaired) electrons. The molecule has 3 atom stereocenters. The van der Waals surface area contributed by atoms with Crippen LogP contribution in [0.4, 0.5) is 0 Å². The van der Waals surface area contributed by atoms with Gasteiger partial charge in [-0.25, -0.2) is 0 Å². The van der Waals surface area contributed by atoms with Crippen LogP contribution in [0.5, 0.6) is 0 Å². The minimum absolute atomic E-state index is 0.295. The van der Waals surface area contributed by atoms with Crippen molar-refractivity contribution in [3.63, 3.8) is 0 Å². The molecule has 2 aliphatic heterocycles. The van der Waals surface area contributed by atoms with Crippen LogP contribution in [0, 0.1) is 0 Å². The quantitative estimate of drug-likeness (QED) is 0.676. The van der Waals surface area contributed by atoms with E-state index in [1.165, 1.54) is 18.4 Å². The maximum atomic E-state index is 5.73. The second-order valence-electron chi connectivity index (χ2n) is 7.37. The lowest BCUT2D eigenvalue weighted by Crippen LogP contribution is -2.27. The Balaban J connectivity index is 1.40. The normalized spacial score (nSPS) is 25.1. The molecule has 1 aromatic carbocycles. The van der Waals surface area contributed by atoms with E-state index in [2.05, 4.69) is 45.4 Å². The maximum absolute atomic E-state index is 5.73. The van der Waals surface area contributed by atoms with Gasteiger partial charge < -0.3 is 13.7 Å². The molecule has 2 aromatic heterocycles. The molecule has 0 spiro atoms. The zero-order valence-corrected chi connectivity index (χ0v) is 15.4. The molecule has 140 valence electrons. The number of hydrogen-bond acceptors (Lipinski definition) is 6. The highest BCUT2D eigenvalue weighted by molar-refractivity contribution is 5.44. The van der Waals surface area contributed by atoms with E-state index in [0.717, 1.165) is 24.6 Å². The van der Waals surface area contributed by atoms with Gasteiger partial charge in [0.2, 0.25) is 0 Å². The molecule has 0 N–H and O–H groups in total. The first-order valence-corrected chi connectivity index (χ1v) is 9.56. The van der Waals surface area contributed by atoms with Crippen molar-refractivity contribution in [2.24, 2.45) is 0 Å². The molecular formula is C21H23N3O3. The van der Waals surface area contributed by atoms with Crippen molar-refractivity contribution in [3.05, 3.63) is 59.6 Å². The summed E-state index contributed by atoms with van der Waals surface area (Å²) in [5.41, 5.74) is 1.38. The molecule has 0 bridgehead atoms. The van der Waals surface area contributed by atoms with Crippen LogP contribution in [-0.2, 0) is 11.3 Å². The average molecular weight is 365 g/mol. The molecule has 27 heavy (non-hydrogen) atoms. The Bertz CT molecular complexity index is 904. The van der Waals surface area contributed by atoms with Crippen LogP contribution in [0.1, 0.15) is 48.4 Å². The third-order valence-electron chi connectivity index (χ3n) is 5.80. The number of rotatable bonds is 5. The molecule has 6 nitrogen and oxygen atoms in total. The largest absolute Gasteiger partial charge is 0.453 e. The lowest BCUT2D eigenvalue weighted by Gasteiger charge is -2.24. The van der Waals surface area contributed by atoms with E-state index in [0.29, 0.717) is 36.3 Å². The molecule has 0 saturated carbocycles. The summed E-state index contributed by atoms with van der Waals surface area (Å²) in [6.07, 6.45) is 3.45. The summed E-state index contributed by atoms with van der Waals surface area (Å²) >= 11 is 0. The van der Waals surface area contributed by atoms with Crippen LogP contribution in [-0.4, -0.2) is 34.7 Å². The molecule has 2 aliphatic rings. The Labute approximate surface area is 158 Å². The van der Waals surface area contributed by atoms with Crippen LogP contribution >= 0.6 is 0 Å². The number of methoxy groups -OCH3 is 1. The summed E-state index contributed by atoms with van der Waals surface area (Å²) in [6, 6.07) is 15.4. The van der Waals surface area contributed by atoms with E-state index >= 15 is 0 Å². The van der Waals surface area contributed by atoms with Gasteiger partial charge in [0.05, 0.1) is 0 Å². The Morgan fingerprint density at radius 3 is 2.93 bits per heavy atom. The van der Waals surface area contributed by atoms with Gasteiger partial charge in [-0.1, -0.05) is 35.5 Å². The molecule has 0 amide bonds. The molecule has 0 unspecified atom stereocenters. The van der Waals surface area contributed by atoms with Gasteiger partial charge >= 0.3 is 0 Å². The Hall–Kier alpha value is -2.44. The van der Waals surface area contributed by atoms with Gasteiger partial charge in [-0.3, -0.25) is 4.90 Å². The van der Waals surface area contributed by atoms with Gasteiger partial charge in [-0.05, 0) is 43.5 Å². The standard InChI is InChI=1S/C21H23N3O3/c1-25-13-15-9-10-19(26-15)21-22-20(23-27-21)16-12-18(14-6-3-2-4-7-14)24-11-5-8-17(16)24/h2-4,6-7,9-10,16-18H,5,8,11-13H2,1H3/t16-,17+,18-/m0/s1. The molecule has 6 heteroatoms. The summed E-state index contributed by atoms with van der Waals surface area (Å²) < 4.78 is 16.4. The Morgan fingerprint density at radius 1 is 1.19 bits per heavy atom. The van der Waals surface area contributed by atoms with Crippen LogP contribution in [0.2, 0.25) is 0 Å². The monoisotopic (exact) mass is 365 g/mol. The molecule has 3 aromatic rings. The molecule has 4 heterocycles. The van der Waals surface area contributed by atoms with Crippen LogP contribution in [0.3, 0.4) is 0 Å². The van der Waals surface area contributed by atoms with Gasteiger partial charge in [0, 0.05) is 25.1 Å². The molecule has 2 fully saturated rings. The van der Waals surface area contributed by atoms with Gasteiger partial charge in [0.15, 0.2) is 11.6 Å². The number of furan rings is 1. The van der Waals surface area contributed by atoms with Crippen molar-refractivity contribution in [3.8, 4) is 11.7 Å². The van der Waals surface area contributed by atoms with Gasteiger partial charge in [0.1, 0.15) is 12.4 Å². The fraction of sp³-hybridized carbons (Fsp3) is 0.429. The molecular weight excluding hydrogens is 342 g/mol. The zero-order valence-electron chi connectivity index (χ0n) is 15.4. The lowest BCUT2D eigenvalue weighted by atomic mass is 9.94. The fourth-order valence-corrected chi connectivity index (χ4v) is 4.65. The number of hydrogen-bond donors (Lipinski definition) is 0. The van der Waals surface area contributed by atoms with Gasteiger partial charge in [-0.15, -0.1) is 0 Å². The summed E-state index contributed by atoms with van der Waals surface area (Å²) in [6.45, 7) is 1.57. The lowest BCUT2D eigenvalue weighted by molar-refractivity contribution is 0.164. The van der Waals surface area contributed by atoms with E-state index in [1.54, 1.807) is 7.11 Å². The van der Waals surface area contributed by atoms with Crippen molar-refractivity contribution < 1.29 is 13.7 Å². The molecule has 2 saturated heterocycles. The van der Waals surface area contributed by atoms with E-state index < -0.39 is 0 Å². The second-order valence-corrected chi connectivity index (χ2v) is 7.37. The Kier molecular flexibility index (Phi) is 4.30. The van der Waals surface area contributed by atoms with Gasteiger partial charge in [-0.2, -0.15) is 4.98 Å². The third-order valence-corrected chi connectivity index (χ3v) is 5.80. The third kappa shape index (κ3) is 2.99. The summed E-state index contributed by atoms with van der Waals surface area (Å²) in [5.74, 6) is 2.88.